The Morgan fingerprint density at radius 2 is 1.87 bits per heavy atom. The quantitative estimate of drug-likeness (QED) is 0.187. The van der Waals surface area contributed by atoms with E-state index >= 15 is 4.39 Å². The standard InChI is InChI=1S/C34H39FN9O2/c1-34(2,42-17-15-40(4)16-18-42)20-28(37-3)33(45)41-14-8-9-24(21-41)43-23-44(30-31(36)38-22-39-32(30)43)29-13-12-26(19-27(29)35)46-25-10-6-5-7-11-25/h5-7,10-13,19-20,22-24H,8-9,14-18,21H2,1-2,4H3,(H2,36,38,39)/q+1/b28-20-/t24-/m1/s1. The first-order valence-electron chi connectivity index (χ1n) is 15.5. The minimum absolute atomic E-state index is 0.128. The van der Waals surface area contributed by atoms with Crippen LogP contribution in [0.5, 0.6) is 11.5 Å². The van der Waals surface area contributed by atoms with Crippen molar-refractivity contribution in [2.45, 2.75) is 38.3 Å². The van der Waals surface area contributed by atoms with Crippen LogP contribution in [0.4, 0.5) is 10.2 Å². The molecule has 0 saturated carbocycles. The van der Waals surface area contributed by atoms with Gasteiger partial charge >= 0.3 is 5.65 Å². The van der Waals surface area contributed by atoms with E-state index in [0.717, 1.165) is 39.0 Å². The van der Waals surface area contributed by atoms with Gasteiger partial charge in [-0.15, -0.1) is 0 Å². The molecule has 2 aliphatic rings. The predicted molar refractivity (Wildman–Crippen MR) is 173 cm³/mol. The van der Waals surface area contributed by atoms with E-state index < -0.39 is 11.4 Å². The minimum Gasteiger partial charge on any atom is -0.457 e. The number of rotatable bonds is 7. The zero-order chi connectivity index (χ0) is 32.4. The number of anilines is 1. The number of ether oxygens (including phenoxy) is 1. The molecule has 2 saturated heterocycles. The summed E-state index contributed by atoms with van der Waals surface area (Å²) in [4.78, 5) is 32.5. The number of hydrogen-bond donors (Lipinski definition) is 1. The fourth-order valence-corrected chi connectivity index (χ4v) is 6.34. The second-order valence-corrected chi connectivity index (χ2v) is 12.5. The summed E-state index contributed by atoms with van der Waals surface area (Å²) in [7, 11) is 2.10. The van der Waals surface area contributed by atoms with Crippen molar-refractivity contribution in [2.75, 3.05) is 52.0 Å². The van der Waals surface area contributed by atoms with Crippen molar-refractivity contribution in [1.29, 1.82) is 0 Å². The zero-order valence-corrected chi connectivity index (χ0v) is 26.4. The van der Waals surface area contributed by atoms with Gasteiger partial charge in [0.1, 0.15) is 17.2 Å². The molecule has 11 nitrogen and oxygen atoms in total. The van der Waals surface area contributed by atoms with Crippen LogP contribution in [-0.2, 0) is 4.79 Å². The van der Waals surface area contributed by atoms with Crippen LogP contribution in [0.25, 0.3) is 21.7 Å². The number of nitrogen functional groups attached to an aromatic ring is 1. The molecule has 1 amide bonds. The summed E-state index contributed by atoms with van der Waals surface area (Å²) >= 11 is 0. The van der Waals surface area contributed by atoms with E-state index in [9.17, 15) is 4.79 Å². The first kappa shape index (κ1) is 31.1. The number of para-hydroxylation sites is 1. The van der Waals surface area contributed by atoms with Crippen LogP contribution in [0.1, 0.15) is 32.7 Å². The van der Waals surface area contributed by atoms with E-state index in [-0.39, 0.29) is 29.2 Å². The van der Waals surface area contributed by atoms with Gasteiger partial charge in [-0.25, -0.2) is 18.4 Å². The molecule has 2 aliphatic heterocycles. The van der Waals surface area contributed by atoms with Crippen molar-refractivity contribution in [3.05, 3.63) is 90.2 Å². The number of amides is 1. The third-order valence-corrected chi connectivity index (χ3v) is 8.94. The lowest BCUT2D eigenvalue weighted by Gasteiger charge is -2.42. The van der Waals surface area contributed by atoms with Gasteiger partial charge in [0.25, 0.3) is 5.91 Å². The van der Waals surface area contributed by atoms with Crippen LogP contribution in [0, 0.1) is 12.4 Å². The molecule has 4 aromatic rings. The second kappa shape index (κ2) is 12.9. The lowest BCUT2D eigenvalue weighted by Crippen LogP contribution is -2.53. The van der Waals surface area contributed by atoms with Crippen LogP contribution in [0.2, 0.25) is 0 Å². The molecular weight excluding hydrogens is 585 g/mol. The molecule has 0 bridgehead atoms. The number of piperidine rings is 1. The van der Waals surface area contributed by atoms with Gasteiger partial charge in [-0.3, -0.25) is 9.69 Å². The molecule has 1 atom stereocenters. The Bertz CT molecular complexity index is 1810. The molecular formula is C34H39FN9O2+. The topological polar surface area (TPSA) is 101 Å². The van der Waals surface area contributed by atoms with Gasteiger partial charge < -0.3 is 20.3 Å². The molecule has 0 spiro atoms. The van der Waals surface area contributed by atoms with E-state index in [0.29, 0.717) is 35.8 Å². The molecule has 6 rings (SSSR count). The van der Waals surface area contributed by atoms with E-state index in [4.69, 9.17) is 17.0 Å². The molecule has 12 heteroatoms. The molecule has 2 fully saturated rings. The maximum Gasteiger partial charge on any atom is 0.308 e. The molecule has 46 heavy (non-hydrogen) atoms. The summed E-state index contributed by atoms with van der Waals surface area (Å²) in [5.74, 6) is 0.395. The minimum atomic E-state index is -0.504. The lowest BCUT2D eigenvalue weighted by atomic mass is 9.98. The summed E-state index contributed by atoms with van der Waals surface area (Å²) in [6.07, 6.45) is 6.49. The molecule has 0 radical (unpaired) electrons. The number of nitrogens with two attached hydrogens (primary N) is 1. The maximum absolute atomic E-state index is 15.6. The van der Waals surface area contributed by atoms with E-state index in [1.807, 2.05) is 28.8 Å². The van der Waals surface area contributed by atoms with Crippen molar-refractivity contribution in [3.8, 4) is 17.2 Å². The number of carbonyl (C=O) groups is 1. The van der Waals surface area contributed by atoms with Crippen molar-refractivity contribution in [2.24, 2.45) is 0 Å². The Labute approximate surface area is 268 Å². The number of fused-ring (bicyclic) bond motifs is 1. The highest BCUT2D eigenvalue weighted by Crippen LogP contribution is 2.29. The highest BCUT2D eigenvalue weighted by atomic mass is 19.1. The number of halogens is 1. The molecule has 2 N–H and O–H groups in total. The molecule has 2 aromatic heterocycles. The van der Waals surface area contributed by atoms with E-state index in [1.165, 1.54) is 12.4 Å². The van der Waals surface area contributed by atoms with Gasteiger partial charge in [0.2, 0.25) is 11.2 Å². The average Bonchev–Trinajstić information content (AvgIpc) is 3.45. The average molecular weight is 625 g/mol. The van der Waals surface area contributed by atoms with Crippen LogP contribution >= 0.6 is 0 Å². The number of likely N-dealkylation sites (N-methyl/N-ethyl adjacent to an activating group) is 1. The first-order chi connectivity index (χ1) is 22.1. The third-order valence-electron chi connectivity index (χ3n) is 8.94. The summed E-state index contributed by atoms with van der Waals surface area (Å²) < 4.78 is 25.1. The van der Waals surface area contributed by atoms with Gasteiger partial charge in [0.05, 0.1) is 19.2 Å². The maximum atomic E-state index is 15.6. The van der Waals surface area contributed by atoms with Gasteiger partial charge in [-0.1, -0.05) is 29.3 Å². The number of carbonyl (C=O) groups excluding carboxylic acids is 1. The highest BCUT2D eigenvalue weighted by Gasteiger charge is 2.35. The summed E-state index contributed by atoms with van der Waals surface area (Å²) in [6.45, 7) is 16.6. The summed E-state index contributed by atoms with van der Waals surface area (Å²) in [5.41, 5.74) is 7.30. The number of likely N-dealkylation sites (tertiary alicyclic amines) is 1. The Morgan fingerprint density at radius 3 is 2.59 bits per heavy atom. The molecule has 0 aliphatic carbocycles. The fourth-order valence-electron chi connectivity index (χ4n) is 6.34. The largest absolute Gasteiger partial charge is 0.457 e. The van der Waals surface area contributed by atoms with Crippen molar-refractivity contribution in [3.63, 3.8) is 0 Å². The number of hydrogen-bond acceptors (Lipinski definition) is 7. The Morgan fingerprint density at radius 1 is 1.11 bits per heavy atom. The zero-order valence-electron chi connectivity index (χ0n) is 26.4. The molecule has 2 aromatic carbocycles. The Balaban J connectivity index is 1.27. The van der Waals surface area contributed by atoms with Crippen LogP contribution in [0.3, 0.4) is 0 Å². The SMILES string of the molecule is [C-]#[N+]/C(=C\C(C)(C)N1CCN(C)CC1)C(=O)N1CCC[C@@H]([n+]2cn(-c3ccc(Oc4ccccc4)cc3F)c3c(N)ncnc32)C1. The van der Waals surface area contributed by atoms with Crippen LogP contribution < -0.4 is 15.0 Å². The van der Waals surface area contributed by atoms with Gasteiger partial charge in [0, 0.05) is 44.3 Å². The smallest absolute Gasteiger partial charge is 0.308 e. The molecule has 0 unspecified atom stereocenters. The van der Waals surface area contributed by atoms with Crippen LogP contribution in [-0.4, -0.2) is 87.0 Å². The van der Waals surface area contributed by atoms with Crippen molar-refractivity contribution < 1.29 is 18.5 Å². The Kier molecular flexibility index (Phi) is 8.71. The van der Waals surface area contributed by atoms with Crippen molar-refractivity contribution >= 4 is 22.9 Å². The van der Waals surface area contributed by atoms with E-state index in [1.54, 1.807) is 40.1 Å². The molecule has 238 valence electrons. The number of piperazine rings is 1. The fraction of sp³-hybridized carbons (Fsp3) is 0.382. The number of imidazole rings is 1. The van der Waals surface area contributed by atoms with Gasteiger partial charge in [0.15, 0.2) is 24.3 Å². The predicted octanol–water partition coefficient (Wildman–Crippen LogP) is 4.21. The third kappa shape index (κ3) is 6.29. The number of nitrogens with zero attached hydrogens (tertiary/aromatic N) is 8. The molecule has 4 heterocycles. The highest BCUT2D eigenvalue weighted by molar-refractivity contribution is 5.95. The first-order valence-corrected chi connectivity index (χ1v) is 15.5. The normalized spacial score (nSPS) is 18.5. The van der Waals surface area contributed by atoms with E-state index in [2.05, 4.69) is 45.5 Å². The second-order valence-electron chi connectivity index (χ2n) is 12.5. The number of benzene rings is 2. The summed E-state index contributed by atoms with van der Waals surface area (Å²) in [6, 6.07) is 13.7. The van der Waals surface area contributed by atoms with Crippen LogP contribution in [0.15, 0.2) is 73.0 Å². The monoisotopic (exact) mass is 624 g/mol. The number of aromatic nitrogens is 4. The van der Waals surface area contributed by atoms with Gasteiger partial charge in [-0.2, -0.15) is 4.98 Å². The Hall–Kier alpha value is -4.86. The van der Waals surface area contributed by atoms with Crippen molar-refractivity contribution in [1.82, 2.24) is 29.2 Å². The summed E-state index contributed by atoms with van der Waals surface area (Å²) in [5, 5.41) is 0. The van der Waals surface area contributed by atoms with Gasteiger partial charge in [-0.05, 0) is 58.0 Å². The lowest BCUT2D eigenvalue weighted by molar-refractivity contribution is -0.702.